The van der Waals surface area contributed by atoms with Crippen LogP contribution in [0.1, 0.15) is 16.8 Å². The molecule has 108 valence electrons. The van der Waals surface area contributed by atoms with Gasteiger partial charge in [0.05, 0.1) is 12.8 Å². The maximum absolute atomic E-state index is 5.41. The molecule has 0 bridgehead atoms. The highest BCUT2D eigenvalue weighted by Crippen LogP contribution is 2.30. The molecule has 0 unspecified atom stereocenters. The van der Waals surface area contributed by atoms with Crippen LogP contribution in [0.4, 0.5) is 11.5 Å². The van der Waals surface area contributed by atoms with Crippen molar-refractivity contribution in [2.75, 3.05) is 12.4 Å². The maximum Gasteiger partial charge on any atom is 0.254 e. The van der Waals surface area contributed by atoms with Gasteiger partial charge in [-0.3, -0.25) is 0 Å². The molecule has 0 aliphatic carbocycles. The summed E-state index contributed by atoms with van der Waals surface area (Å²) >= 11 is 0. The number of hydrogen-bond acceptors (Lipinski definition) is 5. The van der Waals surface area contributed by atoms with E-state index in [1.807, 2.05) is 39.0 Å². The van der Waals surface area contributed by atoms with Crippen LogP contribution in [0.5, 0.6) is 5.75 Å². The summed E-state index contributed by atoms with van der Waals surface area (Å²) < 4.78 is 7.11. The first kappa shape index (κ1) is 13.4. The van der Waals surface area contributed by atoms with E-state index in [1.54, 1.807) is 11.6 Å². The Morgan fingerprint density at radius 2 is 2.00 bits per heavy atom. The fourth-order valence-corrected chi connectivity index (χ4v) is 2.23. The fourth-order valence-electron chi connectivity index (χ4n) is 2.23. The lowest BCUT2D eigenvalue weighted by molar-refractivity contribution is 0.416. The van der Waals surface area contributed by atoms with Gasteiger partial charge in [0, 0.05) is 11.3 Å². The van der Waals surface area contributed by atoms with Crippen LogP contribution >= 0.6 is 0 Å². The third kappa shape index (κ3) is 2.29. The van der Waals surface area contributed by atoms with E-state index in [2.05, 4.69) is 20.4 Å². The Morgan fingerprint density at radius 1 is 1.19 bits per heavy atom. The first-order chi connectivity index (χ1) is 10.1. The Kier molecular flexibility index (Phi) is 3.21. The Morgan fingerprint density at radius 3 is 2.76 bits per heavy atom. The molecule has 0 saturated carbocycles. The minimum absolute atomic E-state index is 0.576. The van der Waals surface area contributed by atoms with E-state index >= 15 is 0 Å². The zero-order valence-corrected chi connectivity index (χ0v) is 12.5. The third-order valence-electron chi connectivity index (χ3n) is 3.52. The van der Waals surface area contributed by atoms with Crippen molar-refractivity contribution < 1.29 is 4.74 Å². The number of rotatable bonds is 3. The average molecular weight is 283 g/mol. The summed E-state index contributed by atoms with van der Waals surface area (Å²) in [6.07, 6.45) is 1.50. The number of aromatic nitrogens is 4. The molecule has 2 heterocycles. The highest BCUT2D eigenvalue weighted by molar-refractivity contribution is 5.68. The van der Waals surface area contributed by atoms with E-state index in [0.29, 0.717) is 5.78 Å². The van der Waals surface area contributed by atoms with Crippen LogP contribution in [-0.2, 0) is 0 Å². The largest absolute Gasteiger partial charge is 0.495 e. The highest BCUT2D eigenvalue weighted by Gasteiger charge is 2.13. The van der Waals surface area contributed by atoms with Gasteiger partial charge in [-0.25, -0.2) is 4.98 Å². The van der Waals surface area contributed by atoms with Crippen LogP contribution in [0.15, 0.2) is 24.5 Å². The molecular formula is C15H17N5O. The van der Waals surface area contributed by atoms with E-state index in [-0.39, 0.29) is 0 Å². The summed E-state index contributed by atoms with van der Waals surface area (Å²) in [4.78, 5) is 8.57. The summed E-state index contributed by atoms with van der Waals surface area (Å²) in [6.45, 7) is 6.01. The summed E-state index contributed by atoms with van der Waals surface area (Å²) in [7, 11) is 1.66. The second-order valence-corrected chi connectivity index (χ2v) is 4.97. The van der Waals surface area contributed by atoms with Gasteiger partial charge >= 0.3 is 0 Å². The van der Waals surface area contributed by atoms with Crippen molar-refractivity contribution in [3.63, 3.8) is 0 Å². The molecular weight excluding hydrogens is 266 g/mol. The van der Waals surface area contributed by atoms with Gasteiger partial charge in [-0.2, -0.15) is 14.6 Å². The summed E-state index contributed by atoms with van der Waals surface area (Å²) in [5.41, 5.74) is 3.99. The molecule has 21 heavy (non-hydrogen) atoms. The quantitative estimate of drug-likeness (QED) is 0.800. The first-order valence-corrected chi connectivity index (χ1v) is 6.68. The number of anilines is 2. The molecule has 3 aromatic rings. The summed E-state index contributed by atoms with van der Waals surface area (Å²) in [5, 5.41) is 7.63. The second-order valence-electron chi connectivity index (χ2n) is 4.97. The Labute approximate surface area is 122 Å². The zero-order chi connectivity index (χ0) is 15.0. The van der Waals surface area contributed by atoms with Gasteiger partial charge < -0.3 is 10.1 Å². The number of nitrogens with one attached hydrogen (secondary N) is 1. The molecule has 0 amide bonds. The molecule has 1 aromatic carbocycles. The maximum atomic E-state index is 5.41. The number of hydrogen-bond donors (Lipinski definition) is 1. The van der Waals surface area contributed by atoms with E-state index in [4.69, 9.17) is 4.74 Å². The van der Waals surface area contributed by atoms with Crippen molar-refractivity contribution in [3.05, 3.63) is 41.3 Å². The van der Waals surface area contributed by atoms with Gasteiger partial charge in [-0.15, -0.1) is 0 Å². The predicted octanol–water partition coefficient (Wildman–Crippen LogP) is 2.80. The number of methoxy groups -OCH3 is 1. The number of ether oxygens (including phenoxy) is 1. The molecule has 6 nitrogen and oxygen atoms in total. The van der Waals surface area contributed by atoms with Crippen LogP contribution in [0.2, 0.25) is 0 Å². The Bertz CT molecular complexity index is 809. The van der Waals surface area contributed by atoms with Crippen LogP contribution < -0.4 is 10.1 Å². The van der Waals surface area contributed by atoms with Crippen LogP contribution in [0.25, 0.3) is 5.78 Å². The van der Waals surface area contributed by atoms with Crippen LogP contribution in [-0.4, -0.2) is 26.7 Å². The topological polar surface area (TPSA) is 64.3 Å². The lowest BCUT2D eigenvalue weighted by Crippen LogP contribution is -2.07. The van der Waals surface area contributed by atoms with Gasteiger partial charge in [0.1, 0.15) is 17.9 Å². The van der Waals surface area contributed by atoms with Crippen molar-refractivity contribution in [1.82, 2.24) is 19.6 Å². The molecule has 1 N–H and O–H groups in total. The molecule has 6 heteroatoms. The van der Waals surface area contributed by atoms with Crippen molar-refractivity contribution in [2.24, 2.45) is 0 Å². The van der Waals surface area contributed by atoms with E-state index in [0.717, 1.165) is 34.1 Å². The highest BCUT2D eigenvalue weighted by atomic mass is 16.5. The number of nitrogens with zero attached hydrogens (tertiary/aromatic N) is 4. The minimum Gasteiger partial charge on any atom is -0.495 e. The molecule has 0 fully saturated rings. The summed E-state index contributed by atoms with van der Waals surface area (Å²) in [5.74, 6) is 2.20. The van der Waals surface area contributed by atoms with Crippen molar-refractivity contribution >= 4 is 17.3 Å². The molecule has 0 saturated heterocycles. The fraction of sp³-hybridized carbons (Fsp3) is 0.267. The van der Waals surface area contributed by atoms with E-state index < -0.39 is 0 Å². The molecule has 3 rings (SSSR count). The molecule has 0 aliphatic heterocycles. The normalized spacial score (nSPS) is 10.9. The monoisotopic (exact) mass is 283 g/mol. The molecule has 2 aromatic heterocycles. The number of fused-ring (bicyclic) bond motifs is 1. The van der Waals surface area contributed by atoms with Crippen molar-refractivity contribution in [1.29, 1.82) is 0 Å². The van der Waals surface area contributed by atoms with Gasteiger partial charge in [0.15, 0.2) is 0 Å². The number of benzene rings is 1. The predicted molar refractivity (Wildman–Crippen MR) is 81.3 cm³/mol. The van der Waals surface area contributed by atoms with Gasteiger partial charge in [-0.1, -0.05) is 6.07 Å². The van der Waals surface area contributed by atoms with Crippen LogP contribution in [0.3, 0.4) is 0 Å². The first-order valence-electron chi connectivity index (χ1n) is 6.68. The summed E-state index contributed by atoms with van der Waals surface area (Å²) in [6, 6.07) is 6.00. The average Bonchev–Trinajstić information content (AvgIpc) is 2.92. The molecule has 0 spiro atoms. The molecule has 0 aliphatic rings. The zero-order valence-electron chi connectivity index (χ0n) is 12.5. The molecule has 0 radical (unpaired) electrons. The minimum atomic E-state index is 0.576. The lowest BCUT2D eigenvalue weighted by Gasteiger charge is -2.15. The Hall–Kier alpha value is -2.63. The van der Waals surface area contributed by atoms with E-state index in [9.17, 15) is 0 Å². The van der Waals surface area contributed by atoms with Crippen molar-refractivity contribution in [2.45, 2.75) is 20.8 Å². The third-order valence-corrected chi connectivity index (χ3v) is 3.52. The van der Waals surface area contributed by atoms with E-state index in [1.165, 1.54) is 6.33 Å². The van der Waals surface area contributed by atoms with Crippen molar-refractivity contribution in [3.8, 4) is 5.75 Å². The van der Waals surface area contributed by atoms with Gasteiger partial charge in [-0.05, 0) is 38.5 Å². The Balaban J connectivity index is 2.16. The SMILES string of the molecule is COc1ccc(C)cc1Nc1c(C)c(C)nc2ncnn12. The molecule has 0 atom stereocenters. The van der Waals surface area contributed by atoms with Gasteiger partial charge in [0.25, 0.3) is 5.78 Å². The lowest BCUT2D eigenvalue weighted by atomic mass is 10.2. The number of aryl methyl sites for hydroxylation is 2. The standard InChI is InChI=1S/C15H17N5O/c1-9-5-6-13(21-4)12(7-9)19-14-10(2)11(3)18-15-16-8-17-20(14)15/h5-8,19H,1-4H3. The second kappa shape index (κ2) is 5.05. The van der Waals surface area contributed by atoms with Gasteiger partial charge in [0.2, 0.25) is 0 Å². The van der Waals surface area contributed by atoms with Crippen LogP contribution in [0, 0.1) is 20.8 Å². The smallest absolute Gasteiger partial charge is 0.254 e.